The molecule has 4 amide bonds. The van der Waals surface area contributed by atoms with Gasteiger partial charge in [0, 0.05) is 64.1 Å². The second-order valence-electron chi connectivity index (χ2n) is 10.6. The maximum atomic E-state index is 13.7. The monoisotopic (exact) mass is 558 g/mol. The minimum Gasteiger partial charge on any atom is -0.361 e. The molecule has 1 aromatic rings. The SMILES string of the molecule is CN(C)CCC(=O)N[C@@H](CC(=O)NC[C@@H]1CCCN(C=NN)C1)C(=O)N(CCNC(=O)c1cnccn1)C1CC1. The first-order valence-electron chi connectivity index (χ1n) is 13.8. The molecule has 40 heavy (non-hydrogen) atoms. The minimum absolute atomic E-state index is 0.0163. The highest BCUT2D eigenvalue weighted by atomic mass is 16.2. The standard InChI is InChI=1S/C26H42N10O4/c1-34(2)12-7-23(37)33-21(14-24(38)31-15-19-4-3-11-35(17-19)18-32-27)26(40)36(20-5-6-20)13-10-30-25(39)22-16-28-8-9-29-22/h8-9,16,18-21H,3-7,10-15,17,27H2,1-2H3,(H,30,39)(H,31,38)(H,33,37)/t19-,21-/m0/s1. The highest BCUT2D eigenvalue weighted by Crippen LogP contribution is 2.27. The van der Waals surface area contributed by atoms with Gasteiger partial charge in [-0.1, -0.05) is 0 Å². The zero-order valence-electron chi connectivity index (χ0n) is 23.4. The van der Waals surface area contributed by atoms with Crippen LogP contribution in [0.5, 0.6) is 0 Å². The molecular weight excluding hydrogens is 516 g/mol. The Bertz CT molecular complexity index is 1020. The molecule has 2 aliphatic rings. The molecule has 5 N–H and O–H groups in total. The van der Waals surface area contributed by atoms with Gasteiger partial charge in [-0.2, -0.15) is 5.10 Å². The Kier molecular flexibility index (Phi) is 12.1. The number of nitrogens with zero attached hydrogens (tertiary/aromatic N) is 6. The quantitative estimate of drug-likeness (QED) is 0.0886. The Hall–Kier alpha value is -3.81. The van der Waals surface area contributed by atoms with Crippen LogP contribution in [0.25, 0.3) is 0 Å². The average molecular weight is 559 g/mol. The van der Waals surface area contributed by atoms with Crippen molar-refractivity contribution in [1.82, 2.24) is 40.6 Å². The van der Waals surface area contributed by atoms with E-state index in [0.29, 0.717) is 13.1 Å². The lowest BCUT2D eigenvalue weighted by molar-refractivity contribution is -0.139. The number of hydrazone groups is 1. The number of piperidine rings is 1. The number of likely N-dealkylation sites (tertiary alicyclic amines) is 1. The molecule has 0 spiro atoms. The summed E-state index contributed by atoms with van der Waals surface area (Å²) in [5.41, 5.74) is 0.186. The predicted molar refractivity (Wildman–Crippen MR) is 149 cm³/mol. The molecule has 0 unspecified atom stereocenters. The van der Waals surface area contributed by atoms with E-state index in [9.17, 15) is 19.2 Å². The molecule has 0 bridgehead atoms. The van der Waals surface area contributed by atoms with Crippen molar-refractivity contribution >= 4 is 30.0 Å². The van der Waals surface area contributed by atoms with E-state index >= 15 is 0 Å². The molecule has 14 nitrogen and oxygen atoms in total. The number of rotatable bonds is 15. The normalized spacial score (nSPS) is 17.9. The number of nitrogens with two attached hydrogens (primary N) is 1. The number of aromatic nitrogens is 2. The lowest BCUT2D eigenvalue weighted by Crippen LogP contribution is -2.53. The lowest BCUT2D eigenvalue weighted by atomic mass is 9.98. The summed E-state index contributed by atoms with van der Waals surface area (Å²) < 4.78 is 0. The van der Waals surface area contributed by atoms with Crippen LogP contribution in [0.3, 0.4) is 0 Å². The number of nitrogens with one attached hydrogen (secondary N) is 3. The van der Waals surface area contributed by atoms with Crippen molar-refractivity contribution in [3.8, 4) is 0 Å². The number of carbonyl (C=O) groups excluding carboxylic acids is 4. The third kappa shape index (κ3) is 10.4. The first-order chi connectivity index (χ1) is 19.3. The molecule has 3 rings (SSSR count). The van der Waals surface area contributed by atoms with Crippen LogP contribution < -0.4 is 21.8 Å². The Morgan fingerprint density at radius 1 is 1.15 bits per heavy atom. The summed E-state index contributed by atoms with van der Waals surface area (Å²) in [6.45, 7) is 3.04. The molecule has 14 heteroatoms. The Balaban J connectivity index is 1.59. The molecule has 220 valence electrons. The molecule has 1 aliphatic carbocycles. The highest BCUT2D eigenvalue weighted by molar-refractivity contribution is 5.93. The number of carbonyl (C=O) groups is 4. The average Bonchev–Trinajstić information content (AvgIpc) is 3.78. The predicted octanol–water partition coefficient (Wildman–Crippen LogP) is -1.25. The molecule has 2 heterocycles. The van der Waals surface area contributed by atoms with E-state index in [1.54, 1.807) is 11.2 Å². The molecule has 0 aromatic carbocycles. The van der Waals surface area contributed by atoms with E-state index in [2.05, 4.69) is 31.0 Å². The van der Waals surface area contributed by atoms with Gasteiger partial charge in [0.15, 0.2) is 0 Å². The van der Waals surface area contributed by atoms with Crippen LogP contribution in [0.4, 0.5) is 0 Å². The van der Waals surface area contributed by atoms with Gasteiger partial charge in [0.25, 0.3) is 5.91 Å². The van der Waals surface area contributed by atoms with Crippen molar-refractivity contribution in [3.05, 3.63) is 24.3 Å². The van der Waals surface area contributed by atoms with Crippen molar-refractivity contribution in [2.24, 2.45) is 16.9 Å². The Morgan fingerprint density at radius 3 is 2.62 bits per heavy atom. The fraction of sp³-hybridized carbons (Fsp3) is 0.654. The minimum atomic E-state index is -1.00. The number of amides is 4. The van der Waals surface area contributed by atoms with E-state index < -0.39 is 6.04 Å². The maximum Gasteiger partial charge on any atom is 0.271 e. The van der Waals surface area contributed by atoms with Crippen LogP contribution >= 0.6 is 0 Å². The van der Waals surface area contributed by atoms with Crippen LogP contribution in [-0.2, 0) is 14.4 Å². The third-order valence-corrected chi connectivity index (χ3v) is 6.88. The van der Waals surface area contributed by atoms with Gasteiger partial charge < -0.3 is 36.5 Å². The lowest BCUT2D eigenvalue weighted by Gasteiger charge is -2.31. The zero-order chi connectivity index (χ0) is 28.9. The summed E-state index contributed by atoms with van der Waals surface area (Å²) >= 11 is 0. The van der Waals surface area contributed by atoms with E-state index in [1.165, 1.54) is 18.6 Å². The van der Waals surface area contributed by atoms with Crippen molar-refractivity contribution in [3.63, 3.8) is 0 Å². The second-order valence-corrected chi connectivity index (χ2v) is 10.6. The summed E-state index contributed by atoms with van der Waals surface area (Å²) in [6.07, 6.45) is 9.54. The molecule has 1 aliphatic heterocycles. The fourth-order valence-corrected chi connectivity index (χ4v) is 4.63. The van der Waals surface area contributed by atoms with Crippen LogP contribution in [0.1, 0.15) is 49.0 Å². The molecule has 2 atom stereocenters. The van der Waals surface area contributed by atoms with E-state index in [-0.39, 0.29) is 67.2 Å². The van der Waals surface area contributed by atoms with Crippen LogP contribution in [0, 0.1) is 5.92 Å². The van der Waals surface area contributed by atoms with Gasteiger partial charge in [0.1, 0.15) is 18.1 Å². The van der Waals surface area contributed by atoms with Crippen molar-refractivity contribution in [2.45, 2.75) is 50.6 Å². The maximum absolute atomic E-state index is 13.7. The van der Waals surface area contributed by atoms with E-state index in [1.807, 2.05) is 23.9 Å². The summed E-state index contributed by atoms with van der Waals surface area (Å²) in [6, 6.07) is -0.985. The molecule has 0 radical (unpaired) electrons. The molecule has 1 saturated heterocycles. The van der Waals surface area contributed by atoms with Gasteiger partial charge in [0.05, 0.1) is 12.6 Å². The van der Waals surface area contributed by atoms with Gasteiger partial charge in [0.2, 0.25) is 17.7 Å². The molecule has 1 saturated carbocycles. The number of hydrogen-bond acceptors (Lipinski definition) is 9. The van der Waals surface area contributed by atoms with Gasteiger partial charge in [-0.15, -0.1) is 0 Å². The Labute approximate surface area is 235 Å². The van der Waals surface area contributed by atoms with Gasteiger partial charge in [-0.25, -0.2) is 4.98 Å². The van der Waals surface area contributed by atoms with Crippen LogP contribution in [-0.4, -0.2) is 120 Å². The highest BCUT2D eigenvalue weighted by Gasteiger charge is 2.37. The zero-order valence-corrected chi connectivity index (χ0v) is 23.4. The van der Waals surface area contributed by atoms with Crippen molar-refractivity contribution in [1.29, 1.82) is 0 Å². The summed E-state index contributed by atoms with van der Waals surface area (Å²) in [7, 11) is 3.72. The number of hydrogen-bond donors (Lipinski definition) is 4. The van der Waals surface area contributed by atoms with Gasteiger partial charge in [-0.05, 0) is 45.7 Å². The molecule has 1 aromatic heterocycles. The summed E-state index contributed by atoms with van der Waals surface area (Å²) in [4.78, 5) is 65.1. The first kappa shape index (κ1) is 30.7. The molecule has 2 fully saturated rings. The van der Waals surface area contributed by atoms with Crippen LogP contribution in [0.15, 0.2) is 23.7 Å². The summed E-state index contributed by atoms with van der Waals surface area (Å²) in [5.74, 6) is 4.19. The Morgan fingerprint density at radius 2 is 1.95 bits per heavy atom. The van der Waals surface area contributed by atoms with Gasteiger partial charge >= 0.3 is 0 Å². The van der Waals surface area contributed by atoms with Crippen molar-refractivity contribution < 1.29 is 19.2 Å². The van der Waals surface area contributed by atoms with Crippen LogP contribution in [0.2, 0.25) is 0 Å². The first-order valence-corrected chi connectivity index (χ1v) is 13.8. The largest absolute Gasteiger partial charge is 0.361 e. The van der Waals surface area contributed by atoms with Crippen molar-refractivity contribution in [2.75, 3.05) is 53.4 Å². The van der Waals surface area contributed by atoms with Gasteiger partial charge in [-0.3, -0.25) is 24.2 Å². The fourth-order valence-electron chi connectivity index (χ4n) is 4.63. The molecular formula is C26H42N10O4. The van der Waals surface area contributed by atoms with E-state index in [4.69, 9.17) is 5.84 Å². The third-order valence-electron chi connectivity index (χ3n) is 6.88. The topological polar surface area (TPSA) is 178 Å². The summed E-state index contributed by atoms with van der Waals surface area (Å²) in [5, 5.41) is 12.1. The van der Waals surface area contributed by atoms with E-state index in [0.717, 1.165) is 38.8 Å². The smallest absolute Gasteiger partial charge is 0.271 e. The second kappa shape index (κ2) is 15.7.